The SMILES string of the molecule is Cc1ccc(NC(=O)C(=O)N2CCCNCC2)cc1. The van der Waals surface area contributed by atoms with E-state index in [1.807, 2.05) is 19.1 Å². The molecule has 1 aliphatic rings. The summed E-state index contributed by atoms with van der Waals surface area (Å²) in [6.07, 6.45) is 0.879. The van der Waals surface area contributed by atoms with Crippen LogP contribution >= 0.6 is 0 Å². The molecule has 5 heteroatoms. The van der Waals surface area contributed by atoms with E-state index in [2.05, 4.69) is 10.6 Å². The van der Waals surface area contributed by atoms with Gasteiger partial charge in [0.05, 0.1) is 0 Å². The molecule has 102 valence electrons. The number of rotatable bonds is 1. The molecule has 0 aromatic heterocycles. The lowest BCUT2D eigenvalue weighted by atomic mass is 10.2. The van der Waals surface area contributed by atoms with Crippen molar-refractivity contribution in [1.82, 2.24) is 10.2 Å². The predicted octanol–water partition coefficient (Wildman–Crippen LogP) is 0.755. The van der Waals surface area contributed by atoms with Crippen molar-refractivity contribution in [3.8, 4) is 0 Å². The Kier molecular flexibility index (Phi) is 4.52. The number of benzene rings is 1. The number of nitrogens with zero attached hydrogens (tertiary/aromatic N) is 1. The number of amides is 2. The van der Waals surface area contributed by atoms with Gasteiger partial charge in [-0.05, 0) is 32.0 Å². The Hall–Kier alpha value is -1.88. The molecule has 2 rings (SSSR count). The van der Waals surface area contributed by atoms with Crippen LogP contribution < -0.4 is 10.6 Å². The Morgan fingerprint density at radius 1 is 1.16 bits per heavy atom. The molecule has 1 aliphatic heterocycles. The molecule has 0 bridgehead atoms. The third-order valence-electron chi connectivity index (χ3n) is 3.13. The largest absolute Gasteiger partial charge is 0.333 e. The summed E-state index contributed by atoms with van der Waals surface area (Å²) in [5.74, 6) is -1.02. The minimum atomic E-state index is -0.564. The Balaban J connectivity index is 1.94. The molecule has 0 spiro atoms. The summed E-state index contributed by atoms with van der Waals surface area (Å²) < 4.78 is 0. The average Bonchev–Trinajstić information content (AvgIpc) is 2.69. The van der Waals surface area contributed by atoms with Gasteiger partial charge in [-0.25, -0.2) is 0 Å². The fraction of sp³-hybridized carbons (Fsp3) is 0.429. The third kappa shape index (κ3) is 3.79. The van der Waals surface area contributed by atoms with E-state index in [9.17, 15) is 9.59 Å². The van der Waals surface area contributed by atoms with Crippen molar-refractivity contribution in [3.05, 3.63) is 29.8 Å². The van der Waals surface area contributed by atoms with E-state index in [0.29, 0.717) is 18.8 Å². The molecule has 1 aromatic carbocycles. The lowest BCUT2D eigenvalue weighted by Gasteiger charge is -2.19. The quantitative estimate of drug-likeness (QED) is 0.734. The van der Waals surface area contributed by atoms with Crippen LogP contribution in [-0.4, -0.2) is 42.9 Å². The van der Waals surface area contributed by atoms with Crippen molar-refractivity contribution in [1.29, 1.82) is 0 Å². The first-order valence-electron chi connectivity index (χ1n) is 6.54. The Morgan fingerprint density at radius 2 is 1.89 bits per heavy atom. The van der Waals surface area contributed by atoms with Crippen molar-refractivity contribution >= 4 is 17.5 Å². The lowest BCUT2D eigenvalue weighted by Crippen LogP contribution is -2.41. The summed E-state index contributed by atoms with van der Waals surface area (Å²) in [6, 6.07) is 7.39. The topological polar surface area (TPSA) is 61.4 Å². The maximum atomic E-state index is 12.0. The van der Waals surface area contributed by atoms with Gasteiger partial charge in [0.15, 0.2) is 0 Å². The fourth-order valence-corrected chi connectivity index (χ4v) is 2.01. The summed E-state index contributed by atoms with van der Waals surface area (Å²) >= 11 is 0. The first-order chi connectivity index (χ1) is 9.16. The highest BCUT2D eigenvalue weighted by Gasteiger charge is 2.22. The molecule has 1 saturated heterocycles. The molecule has 0 radical (unpaired) electrons. The van der Waals surface area contributed by atoms with Gasteiger partial charge >= 0.3 is 11.8 Å². The minimum absolute atomic E-state index is 0.454. The summed E-state index contributed by atoms with van der Waals surface area (Å²) in [5, 5.41) is 5.84. The van der Waals surface area contributed by atoms with Gasteiger partial charge in [0.2, 0.25) is 0 Å². The molecule has 2 N–H and O–H groups in total. The number of anilines is 1. The zero-order valence-corrected chi connectivity index (χ0v) is 11.1. The number of carbonyl (C=O) groups is 2. The van der Waals surface area contributed by atoms with E-state index in [0.717, 1.165) is 25.1 Å². The van der Waals surface area contributed by atoms with Crippen LogP contribution in [0.2, 0.25) is 0 Å². The van der Waals surface area contributed by atoms with Gasteiger partial charge in [0.1, 0.15) is 0 Å². The highest BCUT2D eigenvalue weighted by atomic mass is 16.2. The molecule has 1 fully saturated rings. The van der Waals surface area contributed by atoms with Gasteiger partial charge in [-0.1, -0.05) is 17.7 Å². The summed E-state index contributed by atoms with van der Waals surface area (Å²) in [6.45, 7) is 4.82. The summed E-state index contributed by atoms with van der Waals surface area (Å²) in [4.78, 5) is 25.5. The zero-order chi connectivity index (χ0) is 13.7. The van der Waals surface area contributed by atoms with Crippen LogP contribution in [0.25, 0.3) is 0 Å². The molecule has 1 aromatic rings. The van der Waals surface area contributed by atoms with Gasteiger partial charge < -0.3 is 15.5 Å². The maximum absolute atomic E-state index is 12.0. The van der Waals surface area contributed by atoms with Gasteiger partial charge in [0, 0.05) is 25.3 Å². The van der Waals surface area contributed by atoms with Crippen LogP contribution in [0, 0.1) is 6.92 Å². The van der Waals surface area contributed by atoms with Crippen LogP contribution in [0.15, 0.2) is 24.3 Å². The van der Waals surface area contributed by atoms with E-state index < -0.39 is 11.8 Å². The highest BCUT2D eigenvalue weighted by Crippen LogP contribution is 2.09. The number of aryl methyl sites for hydroxylation is 1. The molecule has 1 heterocycles. The van der Waals surface area contributed by atoms with E-state index in [-0.39, 0.29) is 0 Å². The second kappa shape index (κ2) is 6.33. The van der Waals surface area contributed by atoms with Crippen molar-refractivity contribution < 1.29 is 9.59 Å². The van der Waals surface area contributed by atoms with Crippen LogP contribution in [0.5, 0.6) is 0 Å². The lowest BCUT2D eigenvalue weighted by molar-refractivity contribution is -0.143. The van der Waals surface area contributed by atoms with E-state index in [1.54, 1.807) is 17.0 Å². The molecule has 5 nitrogen and oxygen atoms in total. The van der Waals surface area contributed by atoms with E-state index in [1.165, 1.54) is 0 Å². The summed E-state index contributed by atoms with van der Waals surface area (Å²) in [5.41, 5.74) is 1.76. The van der Waals surface area contributed by atoms with E-state index in [4.69, 9.17) is 0 Å². The van der Waals surface area contributed by atoms with Crippen LogP contribution in [0.1, 0.15) is 12.0 Å². The number of carbonyl (C=O) groups excluding carboxylic acids is 2. The second-order valence-electron chi connectivity index (χ2n) is 4.72. The van der Waals surface area contributed by atoms with Crippen LogP contribution in [0.3, 0.4) is 0 Å². The molecule has 0 atom stereocenters. The number of hydrogen-bond donors (Lipinski definition) is 2. The molecular formula is C14H19N3O2. The molecular weight excluding hydrogens is 242 g/mol. The highest BCUT2D eigenvalue weighted by molar-refractivity contribution is 6.39. The zero-order valence-electron chi connectivity index (χ0n) is 11.1. The van der Waals surface area contributed by atoms with Crippen molar-refractivity contribution in [2.45, 2.75) is 13.3 Å². The average molecular weight is 261 g/mol. The van der Waals surface area contributed by atoms with Crippen LogP contribution in [0.4, 0.5) is 5.69 Å². The monoisotopic (exact) mass is 261 g/mol. The molecule has 19 heavy (non-hydrogen) atoms. The van der Waals surface area contributed by atoms with Crippen molar-refractivity contribution in [2.75, 3.05) is 31.5 Å². The first kappa shape index (κ1) is 13.5. The Morgan fingerprint density at radius 3 is 2.63 bits per heavy atom. The number of hydrogen-bond acceptors (Lipinski definition) is 3. The first-order valence-corrected chi connectivity index (χ1v) is 6.54. The van der Waals surface area contributed by atoms with Crippen molar-refractivity contribution in [3.63, 3.8) is 0 Å². The number of nitrogens with one attached hydrogen (secondary N) is 2. The van der Waals surface area contributed by atoms with Gasteiger partial charge in [0.25, 0.3) is 0 Å². The fourth-order valence-electron chi connectivity index (χ4n) is 2.01. The van der Waals surface area contributed by atoms with Crippen molar-refractivity contribution in [2.24, 2.45) is 0 Å². The van der Waals surface area contributed by atoms with Gasteiger partial charge in [-0.3, -0.25) is 9.59 Å². The second-order valence-corrected chi connectivity index (χ2v) is 4.72. The predicted molar refractivity (Wildman–Crippen MR) is 73.9 cm³/mol. The third-order valence-corrected chi connectivity index (χ3v) is 3.13. The molecule has 2 amide bonds. The van der Waals surface area contributed by atoms with Gasteiger partial charge in [-0.15, -0.1) is 0 Å². The Bertz CT molecular complexity index is 448. The standard InChI is InChI=1S/C14H19N3O2/c1-11-3-5-12(6-4-11)16-13(18)14(19)17-9-2-7-15-8-10-17/h3-6,15H,2,7-10H2,1H3,(H,16,18). The minimum Gasteiger partial charge on any atom is -0.333 e. The smallest absolute Gasteiger partial charge is 0.313 e. The molecule has 0 unspecified atom stereocenters. The Labute approximate surface area is 113 Å². The van der Waals surface area contributed by atoms with E-state index >= 15 is 0 Å². The molecule has 0 aliphatic carbocycles. The van der Waals surface area contributed by atoms with Gasteiger partial charge in [-0.2, -0.15) is 0 Å². The normalized spacial score (nSPS) is 15.7. The molecule has 0 saturated carbocycles. The summed E-state index contributed by atoms with van der Waals surface area (Å²) in [7, 11) is 0. The maximum Gasteiger partial charge on any atom is 0.313 e. The van der Waals surface area contributed by atoms with Crippen LogP contribution in [-0.2, 0) is 9.59 Å².